The van der Waals surface area contributed by atoms with Gasteiger partial charge in [0.15, 0.2) is 6.61 Å². The van der Waals surface area contributed by atoms with Crippen LogP contribution in [-0.2, 0) is 4.79 Å². The van der Waals surface area contributed by atoms with Gasteiger partial charge < -0.3 is 15.4 Å². The van der Waals surface area contributed by atoms with Crippen molar-refractivity contribution in [3.8, 4) is 5.75 Å². The molecule has 1 aliphatic heterocycles. The molecule has 18 heavy (non-hydrogen) atoms. The molecule has 98 valence electrons. The van der Waals surface area contributed by atoms with E-state index in [4.69, 9.17) is 4.74 Å². The molecule has 1 atom stereocenters. The van der Waals surface area contributed by atoms with E-state index in [0.717, 1.165) is 24.3 Å². The van der Waals surface area contributed by atoms with Gasteiger partial charge in [0.2, 0.25) is 0 Å². The third-order valence-corrected chi connectivity index (χ3v) is 3.07. The van der Waals surface area contributed by atoms with Crippen molar-refractivity contribution in [2.45, 2.75) is 25.8 Å². The lowest BCUT2D eigenvalue weighted by Crippen LogP contribution is -2.39. The molecule has 1 heterocycles. The SMILES string of the molecule is Cc1cccc(OCC(=O)NCC2CCCN2)c1. The first-order valence-electron chi connectivity index (χ1n) is 6.43. The van der Waals surface area contributed by atoms with Crippen molar-refractivity contribution in [1.82, 2.24) is 10.6 Å². The summed E-state index contributed by atoms with van der Waals surface area (Å²) >= 11 is 0. The van der Waals surface area contributed by atoms with E-state index < -0.39 is 0 Å². The maximum absolute atomic E-state index is 11.6. The first-order valence-corrected chi connectivity index (χ1v) is 6.43. The molecule has 1 fully saturated rings. The second-order valence-corrected chi connectivity index (χ2v) is 4.70. The zero-order chi connectivity index (χ0) is 12.8. The van der Waals surface area contributed by atoms with Crippen molar-refractivity contribution >= 4 is 5.91 Å². The maximum atomic E-state index is 11.6. The highest BCUT2D eigenvalue weighted by molar-refractivity contribution is 5.77. The van der Waals surface area contributed by atoms with Gasteiger partial charge in [-0.2, -0.15) is 0 Å². The topological polar surface area (TPSA) is 50.4 Å². The Morgan fingerprint density at radius 3 is 3.17 bits per heavy atom. The Morgan fingerprint density at radius 2 is 2.44 bits per heavy atom. The van der Waals surface area contributed by atoms with E-state index in [-0.39, 0.29) is 12.5 Å². The molecule has 0 aliphatic carbocycles. The van der Waals surface area contributed by atoms with Gasteiger partial charge >= 0.3 is 0 Å². The predicted molar refractivity (Wildman–Crippen MR) is 70.7 cm³/mol. The van der Waals surface area contributed by atoms with Crippen LogP contribution in [0.15, 0.2) is 24.3 Å². The van der Waals surface area contributed by atoms with Gasteiger partial charge in [0.25, 0.3) is 5.91 Å². The molecule has 1 aliphatic rings. The lowest BCUT2D eigenvalue weighted by molar-refractivity contribution is -0.123. The molecule has 1 aromatic carbocycles. The molecule has 1 unspecified atom stereocenters. The van der Waals surface area contributed by atoms with E-state index in [1.165, 1.54) is 6.42 Å². The van der Waals surface area contributed by atoms with Crippen LogP contribution in [0, 0.1) is 6.92 Å². The van der Waals surface area contributed by atoms with Crippen molar-refractivity contribution in [2.75, 3.05) is 19.7 Å². The van der Waals surface area contributed by atoms with Crippen LogP contribution in [0.5, 0.6) is 5.75 Å². The molecule has 1 saturated heterocycles. The minimum atomic E-state index is -0.0646. The summed E-state index contributed by atoms with van der Waals surface area (Å²) in [5, 5.41) is 6.22. The molecule has 4 heteroatoms. The summed E-state index contributed by atoms with van der Waals surface area (Å²) in [6.45, 7) is 3.82. The highest BCUT2D eigenvalue weighted by Crippen LogP contribution is 2.11. The van der Waals surface area contributed by atoms with Gasteiger partial charge in [-0.1, -0.05) is 12.1 Å². The summed E-state index contributed by atoms with van der Waals surface area (Å²) in [6.07, 6.45) is 2.33. The third kappa shape index (κ3) is 4.04. The summed E-state index contributed by atoms with van der Waals surface area (Å²) < 4.78 is 5.43. The van der Waals surface area contributed by atoms with Crippen molar-refractivity contribution in [3.05, 3.63) is 29.8 Å². The average molecular weight is 248 g/mol. The fourth-order valence-corrected chi connectivity index (χ4v) is 2.07. The van der Waals surface area contributed by atoms with Crippen LogP contribution in [0.2, 0.25) is 0 Å². The molecule has 0 radical (unpaired) electrons. The molecule has 1 amide bonds. The quantitative estimate of drug-likeness (QED) is 0.824. The molecular weight excluding hydrogens is 228 g/mol. The molecular formula is C14H20N2O2. The number of amides is 1. The van der Waals surface area contributed by atoms with Crippen LogP contribution in [0.25, 0.3) is 0 Å². The fourth-order valence-electron chi connectivity index (χ4n) is 2.07. The molecule has 0 spiro atoms. The molecule has 1 aromatic rings. The van der Waals surface area contributed by atoms with Gasteiger partial charge in [0.1, 0.15) is 5.75 Å². The Morgan fingerprint density at radius 1 is 1.56 bits per heavy atom. The lowest BCUT2D eigenvalue weighted by atomic mass is 10.2. The number of rotatable bonds is 5. The number of ether oxygens (including phenoxy) is 1. The van der Waals surface area contributed by atoms with E-state index in [0.29, 0.717) is 12.6 Å². The summed E-state index contributed by atoms with van der Waals surface area (Å²) in [5.41, 5.74) is 1.13. The van der Waals surface area contributed by atoms with E-state index >= 15 is 0 Å². The Labute approximate surface area is 108 Å². The number of benzene rings is 1. The standard InChI is InChI=1S/C14H20N2O2/c1-11-4-2-6-13(8-11)18-10-14(17)16-9-12-5-3-7-15-12/h2,4,6,8,12,15H,3,5,7,9-10H2,1H3,(H,16,17). The van der Waals surface area contributed by atoms with Gasteiger partial charge in [0, 0.05) is 12.6 Å². The monoisotopic (exact) mass is 248 g/mol. The van der Waals surface area contributed by atoms with Crippen LogP contribution in [0.1, 0.15) is 18.4 Å². The number of hydrogen-bond acceptors (Lipinski definition) is 3. The van der Waals surface area contributed by atoms with Gasteiger partial charge in [-0.25, -0.2) is 0 Å². The Balaban J connectivity index is 1.68. The Kier molecular flexibility index (Phi) is 4.59. The molecule has 0 aromatic heterocycles. The van der Waals surface area contributed by atoms with Crippen LogP contribution >= 0.6 is 0 Å². The highest BCUT2D eigenvalue weighted by Gasteiger charge is 2.14. The molecule has 0 saturated carbocycles. The minimum absolute atomic E-state index is 0.0646. The zero-order valence-corrected chi connectivity index (χ0v) is 10.7. The zero-order valence-electron chi connectivity index (χ0n) is 10.7. The minimum Gasteiger partial charge on any atom is -0.484 e. The van der Waals surface area contributed by atoms with E-state index in [9.17, 15) is 4.79 Å². The highest BCUT2D eigenvalue weighted by atomic mass is 16.5. The second kappa shape index (κ2) is 6.40. The summed E-state index contributed by atoms with van der Waals surface area (Å²) in [4.78, 5) is 11.6. The largest absolute Gasteiger partial charge is 0.484 e. The Hall–Kier alpha value is -1.55. The smallest absolute Gasteiger partial charge is 0.257 e. The molecule has 2 rings (SSSR count). The third-order valence-electron chi connectivity index (χ3n) is 3.07. The predicted octanol–water partition coefficient (Wildman–Crippen LogP) is 1.24. The summed E-state index contributed by atoms with van der Waals surface area (Å²) in [5.74, 6) is 0.675. The molecule has 2 N–H and O–H groups in total. The van der Waals surface area contributed by atoms with E-state index in [1.54, 1.807) is 0 Å². The number of aryl methyl sites for hydroxylation is 1. The summed E-state index contributed by atoms with van der Waals surface area (Å²) in [7, 11) is 0. The van der Waals surface area contributed by atoms with Crippen molar-refractivity contribution in [3.63, 3.8) is 0 Å². The molecule has 4 nitrogen and oxygen atoms in total. The van der Waals surface area contributed by atoms with E-state index in [2.05, 4.69) is 10.6 Å². The van der Waals surface area contributed by atoms with Gasteiger partial charge in [-0.15, -0.1) is 0 Å². The number of carbonyl (C=O) groups excluding carboxylic acids is 1. The van der Waals surface area contributed by atoms with Crippen LogP contribution in [0.4, 0.5) is 0 Å². The molecule has 0 bridgehead atoms. The second-order valence-electron chi connectivity index (χ2n) is 4.70. The van der Waals surface area contributed by atoms with Crippen molar-refractivity contribution in [2.24, 2.45) is 0 Å². The fraction of sp³-hybridized carbons (Fsp3) is 0.500. The van der Waals surface area contributed by atoms with E-state index in [1.807, 2.05) is 31.2 Å². The van der Waals surface area contributed by atoms with Crippen LogP contribution in [-0.4, -0.2) is 31.6 Å². The van der Waals surface area contributed by atoms with Crippen molar-refractivity contribution in [1.29, 1.82) is 0 Å². The first kappa shape index (κ1) is 12.9. The van der Waals surface area contributed by atoms with Gasteiger partial charge in [-0.05, 0) is 44.0 Å². The maximum Gasteiger partial charge on any atom is 0.257 e. The Bertz CT molecular complexity index is 401. The normalized spacial score (nSPS) is 18.6. The number of carbonyl (C=O) groups is 1. The first-order chi connectivity index (χ1) is 8.74. The number of nitrogens with one attached hydrogen (secondary N) is 2. The lowest BCUT2D eigenvalue weighted by Gasteiger charge is -2.12. The van der Waals surface area contributed by atoms with Gasteiger partial charge in [-0.3, -0.25) is 4.79 Å². The average Bonchev–Trinajstić information content (AvgIpc) is 2.87. The number of hydrogen-bond donors (Lipinski definition) is 2. The van der Waals surface area contributed by atoms with Gasteiger partial charge in [0.05, 0.1) is 0 Å². The van der Waals surface area contributed by atoms with Crippen molar-refractivity contribution < 1.29 is 9.53 Å². The summed E-state index contributed by atoms with van der Waals surface area (Å²) in [6, 6.07) is 8.13. The van der Waals surface area contributed by atoms with Crippen LogP contribution in [0.3, 0.4) is 0 Å². The van der Waals surface area contributed by atoms with Crippen LogP contribution < -0.4 is 15.4 Å².